The Morgan fingerprint density at radius 2 is 1.65 bits per heavy atom. The van der Waals surface area contributed by atoms with Crippen LogP contribution in [0.1, 0.15) is 36.9 Å². The fourth-order valence-corrected chi connectivity index (χ4v) is 3.04. The minimum atomic E-state index is -0.00569. The number of rotatable bonds is 6. The zero-order chi connectivity index (χ0) is 16.1. The van der Waals surface area contributed by atoms with Gasteiger partial charge >= 0.3 is 0 Å². The Hall–Kier alpha value is -2.32. The minimum Gasteiger partial charge on any atom is -0.508 e. The van der Waals surface area contributed by atoms with E-state index in [4.69, 9.17) is 0 Å². The molecule has 0 radical (unpaired) electrons. The Balaban J connectivity index is 2.11. The highest BCUT2D eigenvalue weighted by molar-refractivity contribution is 5.88. The van der Waals surface area contributed by atoms with E-state index in [1.165, 1.54) is 5.56 Å². The topological polar surface area (TPSA) is 32.3 Å². The molecule has 118 valence electrons. The van der Waals surface area contributed by atoms with Gasteiger partial charge in [-0.3, -0.25) is 0 Å². The summed E-state index contributed by atoms with van der Waals surface area (Å²) in [5.41, 5.74) is 2.14. The van der Waals surface area contributed by atoms with E-state index < -0.39 is 0 Å². The molecule has 3 rings (SSSR count). The van der Waals surface area contributed by atoms with E-state index in [9.17, 15) is 5.11 Å². The summed E-state index contributed by atoms with van der Waals surface area (Å²) in [5, 5.41) is 16.4. The molecule has 0 aliphatic rings. The van der Waals surface area contributed by atoms with E-state index in [-0.39, 0.29) is 6.04 Å². The summed E-state index contributed by atoms with van der Waals surface area (Å²) in [6, 6.07) is 22.4. The second-order valence-corrected chi connectivity index (χ2v) is 5.87. The van der Waals surface area contributed by atoms with Gasteiger partial charge in [0.25, 0.3) is 0 Å². The van der Waals surface area contributed by atoms with Crippen LogP contribution in [0, 0.1) is 0 Å². The largest absolute Gasteiger partial charge is 0.508 e. The molecule has 2 heteroatoms. The molecule has 0 saturated carbocycles. The molecule has 2 N–H and O–H groups in total. The van der Waals surface area contributed by atoms with Crippen molar-refractivity contribution >= 4 is 10.8 Å². The summed E-state index contributed by atoms with van der Waals surface area (Å²) in [7, 11) is 0. The van der Waals surface area contributed by atoms with Crippen LogP contribution in [0.2, 0.25) is 0 Å². The monoisotopic (exact) mass is 305 g/mol. The molecular weight excluding hydrogens is 282 g/mol. The summed E-state index contributed by atoms with van der Waals surface area (Å²) >= 11 is 0. The van der Waals surface area contributed by atoms with Gasteiger partial charge in [0.05, 0.1) is 6.04 Å². The van der Waals surface area contributed by atoms with E-state index in [1.54, 1.807) is 6.07 Å². The summed E-state index contributed by atoms with van der Waals surface area (Å²) in [6.45, 7) is 3.12. The Bertz CT molecular complexity index is 767. The Labute approximate surface area is 137 Å². The highest BCUT2D eigenvalue weighted by Gasteiger charge is 2.19. The van der Waals surface area contributed by atoms with E-state index in [1.807, 2.05) is 36.4 Å². The molecular formula is C21H23NO. The fourth-order valence-electron chi connectivity index (χ4n) is 3.04. The molecule has 0 spiro atoms. The summed E-state index contributed by atoms with van der Waals surface area (Å²) < 4.78 is 0. The molecule has 0 bridgehead atoms. The maximum atomic E-state index is 10.6. The first-order valence-electron chi connectivity index (χ1n) is 8.30. The second kappa shape index (κ2) is 7.30. The molecule has 0 unspecified atom stereocenters. The van der Waals surface area contributed by atoms with Crippen LogP contribution < -0.4 is 5.32 Å². The quantitative estimate of drug-likeness (QED) is 0.626. The van der Waals surface area contributed by atoms with E-state index in [0.29, 0.717) is 5.75 Å². The van der Waals surface area contributed by atoms with Crippen LogP contribution in [-0.4, -0.2) is 11.7 Å². The average Bonchev–Trinajstić information content (AvgIpc) is 2.60. The Morgan fingerprint density at radius 1 is 0.913 bits per heavy atom. The van der Waals surface area contributed by atoms with Crippen LogP contribution in [0.4, 0.5) is 0 Å². The first kappa shape index (κ1) is 15.6. The smallest absolute Gasteiger partial charge is 0.121 e. The lowest BCUT2D eigenvalue weighted by molar-refractivity contribution is 0.458. The third-order valence-corrected chi connectivity index (χ3v) is 4.25. The first-order chi connectivity index (χ1) is 11.3. The van der Waals surface area contributed by atoms with Crippen LogP contribution >= 0.6 is 0 Å². The number of benzene rings is 3. The fraction of sp³-hybridized carbons (Fsp3) is 0.238. The lowest BCUT2D eigenvalue weighted by atomic mass is 9.92. The van der Waals surface area contributed by atoms with Crippen molar-refractivity contribution in [3.05, 3.63) is 77.9 Å². The maximum absolute atomic E-state index is 10.6. The number of unbranched alkanes of at least 4 members (excludes halogenated alkanes) is 1. The zero-order valence-corrected chi connectivity index (χ0v) is 13.5. The highest BCUT2D eigenvalue weighted by atomic mass is 16.3. The van der Waals surface area contributed by atoms with Gasteiger partial charge in [0.2, 0.25) is 0 Å². The average molecular weight is 305 g/mol. The number of nitrogens with one attached hydrogen (secondary N) is 1. The molecule has 0 aliphatic carbocycles. The summed E-state index contributed by atoms with van der Waals surface area (Å²) in [6.07, 6.45) is 2.27. The normalized spacial score (nSPS) is 12.4. The number of hydrogen-bond acceptors (Lipinski definition) is 2. The van der Waals surface area contributed by atoms with Crippen molar-refractivity contribution in [3.8, 4) is 5.75 Å². The van der Waals surface area contributed by atoms with Crippen molar-refractivity contribution in [1.29, 1.82) is 0 Å². The van der Waals surface area contributed by atoms with Crippen molar-refractivity contribution in [3.63, 3.8) is 0 Å². The number of aromatic hydroxyl groups is 1. The third kappa shape index (κ3) is 3.38. The molecule has 1 atom stereocenters. The molecule has 0 fully saturated rings. The van der Waals surface area contributed by atoms with Gasteiger partial charge in [0.1, 0.15) is 5.75 Å². The van der Waals surface area contributed by atoms with Gasteiger partial charge in [-0.25, -0.2) is 0 Å². The van der Waals surface area contributed by atoms with E-state index >= 15 is 0 Å². The molecule has 0 heterocycles. The van der Waals surface area contributed by atoms with Crippen LogP contribution in [-0.2, 0) is 0 Å². The van der Waals surface area contributed by atoms with Crippen LogP contribution in [0.15, 0.2) is 66.7 Å². The zero-order valence-electron chi connectivity index (χ0n) is 13.5. The van der Waals surface area contributed by atoms with Crippen LogP contribution in [0.5, 0.6) is 5.75 Å². The number of phenols is 1. The molecule has 0 amide bonds. The Morgan fingerprint density at radius 3 is 2.43 bits per heavy atom. The lowest BCUT2D eigenvalue weighted by Crippen LogP contribution is -2.23. The van der Waals surface area contributed by atoms with Crippen molar-refractivity contribution in [2.45, 2.75) is 25.8 Å². The third-order valence-electron chi connectivity index (χ3n) is 4.25. The molecule has 0 saturated heterocycles. The number of phenolic OH excluding ortho intramolecular Hbond substituents is 1. The van der Waals surface area contributed by atoms with Crippen LogP contribution in [0.3, 0.4) is 0 Å². The number of fused-ring (bicyclic) bond motifs is 1. The van der Waals surface area contributed by atoms with Gasteiger partial charge in [-0.2, -0.15) is 0 Å². The Kier molecular flexibility index (Phi) is 4.94. The predicted octanol–water partition coefficient (Wildman–Crippen LogP) is 5.02. The molecule has 2 nitrogen and oxygen atoms in total. The number of hydrogen-bond donors (Lipinski definition) is 2. The van der Waals surface area contributed by atoms with Crippen molar-refractivity contribution in [2.75, 3.05) is 6.54 Å². The van der Waals surface area contributed by atoms with Crippen LogP contribution in [0.25, 0.3) is 10.8 Å². The van der Waals surface area contributed by atoms with Crippen molar-refractivity contribution < 1.29 is 5.11 Å². The van der Waals surface area contributed by atoms with Gasteiger partial charge in [0, 0.05) is 5.56 Å². The van der Waals surface area contributed by atoms with E-state index in [0.717, 1.165) is 35.7 Å². The van der Waals surface area contributed by atoms with Gasteiger partial charge in [-0.15, -0.1) is 0 Å². The predicted molar refractivity (Wildman–Crippen MR) is 96.8 cm³/mol. The molecule has 0 aliphatic heterocycles. The molecule has 3 aromatic carbocycles. The first-order valence-corrected chi connectivity index (χ1v) is 8.30. The highest BCUT2D eigenvalue weighted by Crippen LogP contribution is 2.35. The van der Waals surface area contributed by atoms with E-state index in [2.05, 4.69) is 36.5 Å². The van der Waals surface area contributed by atoms with Crippen molar-refractivity contribution in [2.24, 2.45) is 0 Å². The van der Waals surface area contributed by atoms with Gasteiger partial charge in [-0.05, 0) is 35.4 Å². The molecule has 23 heavy (non-hydrogen) atoms. The molecule has 3 aromatic rings. The van der Waals surface area contributed by atoms with Gasteiger partial charge in [-0.1, -0.05) is 74.0 Å². The van der Waals surface area contributed by atoms with Crippen molar-refractivity contribution in [1.82, 2.24) is 5.32 Å². The maximum Gasteiger partial charge on any atom is 0.121 e. The van der Waals surface area contributed by atoms with Gasteiger partial charge in [0.15, 0.2) is 0 Å². The minimum absolute atomic E-state index is 0.00569. The summed E-state index contributed by atoms with van der Waals surface area (Å²) in [4.78, 5) is 0. The lowest BCUT2D eigenvalue weighted by Gasteiger charge is -2.22. The second-order valence-electron chi connectivity index (χ2n) is 5.87. The molecule has 0 aromatic heterocycles. The summed E-state index contributed by atoms with van der Waals surface area (Å²) in [5.74, 6) is 0.349. The van der Waals surface area contributed by atoms with Gasteiger partial charge < -0.3 is 10.4 Å². The standard InChI is InChI=1S/C21H23NO/c1-2-3-15-22-21(17-10-5-4-6-11-17)20-18-12-8-7-9-16(18)13-14-19(20)23/h4-14,21-23H,2-3,15H2,1H3/t21-/m1/s1. The SMILES string of the molecule is CCCCN[C@H](c1ccccc1)c1c(O)ccc2ccccc12.